The number of hydrogen-bond acceptors (Lipinski definition) is 6. The van der Waals surface area contributed by atoms with Crippen molar-refractivity contribution in [3.63, 3.8) is 0 Å². The molecule has 0 bridgehead atoms. The van der Waals surface area contributed by atoms with Crippen LogP contribution in [0.25, 0.3) is 0 Å². The fraction of sp³-hybridized carbons (Fsp3) is 0.423. The summed E-state index contributed by atoms with van der Waals surface area (Å²) < 4.78 is 15.0. The highest BCUT2D eigenvalue weighted by atomic mass is 16.7. The molecule has 8 nitrogen and oxygen atoms in total. The molecular formula is C26H32N2O6. The number of nitrogens with one attached hydrogen (secondary N) is 1. The molecule has 1 N–H and O–H groups in total. The lowest BCUT2D eigenvalue weighted by atomic mass is 9.96. The normalized spacial score (nSPS) is 13.8. The molecule has 2 amide bonds. The maximum absolute atomic E-state index is 12.6. The highest BCUT2D eigenvalue weighted by Gasteiger charge is 2.23. The highest BCUT2D eigenvalue weighted by molar-refractivity contribution is 5.94. The number of rotatable bonds is 9. The number of hydrogen-bond donors (Lipinski definition) is 1. The molecule has 182 valence electrons. The van der Waals surface area contributed by atoms with Crippen LogP contribution in [0.5, 0.6) is 11.5 Å². The summed E-state index contributed by atoms with van der Waals surface area (Å²) in [4.78, 5) is 38.3. The van der Waals surface area contributed by atoms with Crippen molar-refractivity contribution in [2.24, 2.45) is 5.92 Å². The van der Waals surface area contributed by atoms with Crippen LogP contribution in [0.2, 0.25) is 0 Å². The van der Waals surface area contributed by atoms with Crippen molar-refractivity contribution in [3.05, 3.63) is 59.7 Å². The topological polar surface area (TPSA) is 94.2 Å². The largest absolute Gasteiger partial charge is 0.513 e. The monoisotopic (exact) mass is 468 g/mol. The first kappa shape index (κ1) is 25.1. The van der Waals surface area contributed by atoms with Gasteiger partial charge in [0, 0.05) is 31.6 Å². The minimum absolute atomic E-state index is 0.162. The van der Waals surface area contributed by atoms with Crippen LogP contribution in [0, 0.1) is 5.92 Å². The van der Waals surface area contributed by atoms with Gasteiger partial charge in [0.05, 0.1) is 13.7 Å². The van der Waals surface area contributed by atoms with Crippen LogP contribution in [0.3, 0.4) is 0 Å². The van der Waals surface area contributed by atoms with Crippen LogP contribution >= 0.6 is 0 Å². The second-order valence-corrected chi connectivity index (χ2v) is 8.20. The summed E-state index contributed by atoms with van der Waals surface area (Å²) in [6.07, 6.45) is 2.11. The zero-order valence-electron chi connectivity index (χ0n) is 19.7. The van der Waals surface area contributed by atoms with Gasteiger partial charge in [0.1, 0.15) is 11.5 Å². The van der Waals surface area contributed by atoms with E-state index in [9.17, 15) is 14.4 Å². The predicted octanol–water partition coefficient (Wildman–Crippen LogP) is 3.83. The van der Waals surface area contributed by atoms with Gasteiger partial charge in [-0.3, -0.25) is 9.59 Å². The summed E-state index contributed by atoms with van der Waals surface area (Å²) in [5.74, 6) is 1.43. The summed E-state index contributed by atoms with van der Waals surface area (Å²) in [5.41, 5.74) is 1.58. The first-order valence-corrected chi connectivity index (χ1v) is 11.6. The van der Waals surface area contributed by atoms with Crippen molar-refractivity contribution in [3.8, 4) is 11.5 Å². The van der Waals surface area contributed by atoms with Gasteiger partial charge in [-0.1, -0.05) is 12.1 Å². The quantitative estimate of drug-likeness (QED) is 0.444. The van der Waals surface area contributed by atoms with Crippen molar-refractivity contribution in [1.82, 2.24) is 10.2 Å². The van der Waals surface area contributed by atoms with E-state index in [-0.39, 0.29) is 18.4 Å². The van der Waals surface area contributed by atoms with Gasteiger partial charge in [0.2, 0.25) is 5.91 Å². The Hall–Kier alpha value is -3.55. The number of piperidine rings is 1. The number of methoxy groups -OCH3 is 1. The van der Waals surface area contributed by atoms with E-state index in [4.69, 9.17) is 14.2 Å². The molecule has 0 spiro atoms. The Morgan fingerprint density at radius 2 is 1.76 bits per heavy atom. The molecule has 1 saturated heterocycles. The molecule has 1 aliphatic rings. The van der Waals surface area contributed by atoms with Gasteiger partial charge in [-0.2, -0.15) is 0 Å². The first-order valence-electron chi connectivity index (χ1n) is 11.6. The van der Waals surface area contributed by atoms with E-state index < -0.39 is 6.16 Å². The third-order valence-corrected chi connectivity index (χ3v) is 5.86. The molecule has 0 atom stereocenters. The van der Waals surface area contributed by atoms with Crippen LogP contribution in [0.15, 0.2) is 48.5 Å². The van der Waals surface area contributed by atoms with Crippen molar-refractivity contribution in [2.75, 3.05) is 33.4 Å². The minimum atomic E-state index is -0.773. The Labute approximate surface area is 200 Å². The SMILES string of the molecule is CCOC(=O)Oc1ccc(C(=O)NCC2CCN(C(=O)CCc3cccc(OC)c3)CC2)cc1. The van der Waals surface area contributed by atoms with Gasteiger partial charge in [0.25, 0.3) is 5.91 Å². The third-order valence-electron chi connectivity index (χ3n) is 5.86. The predicted molar refractivity (Wildman–Crippen MR) is 127 cm³/mol. The van der Waals surface area contributed by atoms with Gasteiger partial charge >= 0.3 is 6.16 Å². The molecule has 2 aromatic rings. The molecule has 8 heteroatoms. The maximum Gasteiger partial charge on any atom is 0.513 e. The van der Waals surface area contributed by atoms with Gasteiger partial charge in [-0.15, -0.1) is 0 Å². The third kappa shape index (κ3) is 7.50. The lowest BCUT2D eigenvalue weighted by Gasteiger charge is -2.32. The summed E-state index contributed by atoms with van der Waals surface area (Å²) in [6, 6.07) is 14.1. The number of likely N-dealkylation sites (tertiary alicyclic amines) is 1. The molecule has 1 aliphatic heterocycles. The molecule has 0 aromatic heterocycles. The molecule has 0 radical (unpaired) electrons. The minimum Gasteiger partial charge on any atom is -0.497 e. The van der Waals surface area contributed by atoms with Crippen molar-refractivity contribution in [2.45, 2.75) is 32.6 Å². The Morgan fingerprint density at radius 1 is 1.03 bits per heavy atom. The van der Waals surface area contributed by atoms with E-state index in [1.807, 2.05) is 29.2 Å². The van der Waals surface area contributed by atoms with E-state index >= 15 is 0 Å². The van der Waals surface area contributed by atoms with Crippen molar-refractivity contribution >= 4 is 18.0 Å². The van der Waals surface area contributed by atoms with E-state index in [0.717, 1.165) is 24.2 Å². The van der Waals surface area contributed by atoms with Crippen LogP contribution in [0.1, 0.15) is 42.1 Å². The average molecular weight is 469 g/mol. The van der Waals surface area contributed by atoms with Crippen molar-refractivity contribution < 1.29 is 28.6 Å². The molecule has 3 rings (SSSR count). The summed E-state index contributed by atoms with van der Waals surface area (Å²) >= 11 is 0. The summed E-state index contributed by atoms with van der Waals surface area (Å²) in [5, 5.41) is 2.96. The molecule has 0 saturated carbocycles. The van der Waals surface area contributed by atoms with E-state index in [1.165, 1.54) is 0 Å². The van der Waals surface area contributed by atoms with Crippen LogP contribution in [-0.4, -0.2) is 56.2 Å². The Kier molecular flexibility index (Phi) is 9.31. The lowest BCUT2D eigenvalue weighted by molar-refractivity contribution is -0.132. The molecular weight excluding hydrogens is 436 g/mol. The van der Waals surface area contributed by atoms with Crippen LogP contribution in [-0.2, 0) is 16.0 Å². The number of ether oxygens (including phenoxy) is 3. The maximum atomic E-state index is 12.6. The van der Waals surface area contributed by atoms with E-state index in [1.54, 1.807) is 38.3 Å². The Balaban J connectivity index is 1.37. The first-order chi connectivity index (χ1) is 16.5. The van der Waals surface area contributed by atoms with E-state index in [2.05, 4.69) is 5.32 Å². The smallest absolute Gasteiger partial charge is 0.497 e. The molecule has 0 unspecified atom stereocenters. The van der Waals surface area contributed by atoms with Crippen LogP contribution < -0.4 is 14.8 Å². The Morgan fingerprint density at radius 3 is 2.44 bits per heavy atom. The number of nitrogens with zero attached hydrogens (tertiary/aromatic N) is 1. The van der Waals surface area contributed by atoms with E-state index in [0.29, 0.717) is 49.7 Å². The summed E-state index contributed by atoms with van der Waals surface area (Å²) in [6.45, 7) is 3.90. The second kappa shape index (κ2) is 12.6. The number of carbonyl (C=O) groups excluding carboxylic acids is 3. The lowest BCUT2D eigenvalue weighted by Crippen LogP contribution is -2.41. The molecule has 1 heterocycles. The fourth-order valence-corrected chi connectivity index (χ4v) is 3.88. The zero-order chi connectivity index (χ0) is 24.3. The van der Waals surface area contributed by atoms with Gasteiger partial charge in [-0.25, -0.2) is 4.79 Å². The highest BCUT2D eigenvalue weighted by Crippen LogP contribution is 2.19. The van der Waals surface area contributed by atoms with Crippen molar-refractivity contribution in [1.29, 1.82) is 0 Å². The van der Waals surface area contributed by atoms with Gasteiger partial charge < -0.3 is 24.4 Å². The average Bonchev–Trinajstić information content (AvgIpc) is 2.87. The van der Waals surface area contributed by atoms with Crippen LogP contribution in [0.4, 0.5) is 4.79 Å². The molecule has 0 aliphatic carbocycles. The Bertz CT molecular complexity index is 968. The second-order valence-electron chi connectivity index (χ2n) is 8.20. The van der Waals surface area contributed by atoms with Gasteiger partial charge in [0.15, 0.2) is 0 Å². The number of carbonyl (C=O) groups is 3. The number of aryl methyl sites for hydroxylation is 1. The molecule has 2 aromatic carbocycles. The summed E-state index contributed by atoms with van der Waals surface area (Å²) in [7, 11) is 1.63. The zero-order valence-corrected chi connectivity index (χ0v) is 19.7. The molecule has 34 heavy (non-hydrogen) atoms. The molecule has 1 fully saturated rings. The standard InChI is InChI=1S/C26H32N2O6/c1-3-33-26(31)34-22-10-8-21(9-11-22)25(30)27-18-20-13-15-28(16-14-20)24(29)12-7-19-5-4-6-23(17-19)32-2/h4-6,8-11,17,20H,3,7,12-16,18H2,1-2H3,(H,27,30). The van der Waals surface area contributed by atoms with Gasteiger partial charge in [-0.05, 0) is 74.1 Å². The number of benzene rings is 2. The number of amides is 2. The fourth-order valence-electron chi connectivity index (χ4n) is 3.88.